The first-order chi connectivity index (χ1) is 10.1. The van der Waals surface area contributed by atoms with E-state index in [0.717, 1.165) is 28.2 Å². The van der Waals surface area contributed by atoms with Crippen LogP contribution in [-0.2, 0) is 12.2 Å². The maximum absolute atomic E-state index is 14.4. The molecule has 21 heavy (non-hydrogen) atoms. The highest BCUT2D eigenvalue weighted by atomic mass is 32.2. The molecule has 1 atom stereocenters. The van der Waals surface area contributed by atoms with E-state index in [9.17, 15) is 4.39 Å². The first-order valence-electron chi connectivity index (χ1n) is 7.02. The van der Waals surface area contributed by atoms with E-state index in [2.05, 4.69) is 11.5 Å². The highest BCUT2D eigenvalue weighted by Gasteiger charge is 2.23. The number of fused-ring (bicyclic) bond motifs is 1. The molecule has 0 aliphatic carbocycles. The third-order valence-electron chi connectivity index (χ3n) is 3.87. The van der Waals surface area contributed by atoms with Gasteiger partial charge in [0.15, 0.2) is 0 Å². The first kappa shape index (κ1) is 15.0. The lowest BCUT2D eigenvalue weighted by Crippen LogP contribution is -2.29. The Bertz CT molecular complexity index is 620. The average Bonchev–Trinajstić information content (AvgIpc) is 2.85. The highest BCUT2D eigenvalue weighted by Crippen LogP contribution is 2.37. The minimum Gasteiger partial charge on any atom is -0.271 e. The predicted molar refractivity (Wildman–Crippen MR) is 89.2 cm³/mol. The lowest BCUT2D eigenvalue weighted by Gasteiger charge is -2.18. The molecule has 3 rings (SSSR count). The van der Waals surface area contributed by atoms with Gasteiger partial charge in [0.05, 0.1) is 6.04 Å². The third-order valence-corrected chi connectivity index (χ3v) is 6.18. The van der Waals surface area contributed by atoms with Gasteiger partial charge in [-0.05, 0) is 54.8 Å². The van der Waals surface area contributed by atoms with E-state index >= 15 is 0 Å². The maximum atomic E-state index is 14.4. The van der Waals surface area contributed by atoms with Crippen LogP contribution < -0.4 is 11.3 Å². The average molecular weight is 322 g/mol. The Morgan fingerprint density at radius 3 is 2.76 bits per heavy atom. The third kappa shape index (κ3) is 2.88. The summed E-state index contributed by atoms with van der Waals surface area (Å²) >= 11 is 3.72. The van der Waals surface area contributed by atoms with Crippen molar-refractivity contribution in [3.8, 4) is 0 Å². The van der Waals surface area contributed by atoms with Gasteiger partial charge in [0, 0.05) is 21.1 Å². The summed E-state index contributed by atoms with van der Waals surface area (Å²) in [5.74, 6) is 7.80. The van der Waals surface area contributed by atoms with Crippen LogP contribution in [0.15, 0.2) is 18.2 Å². The van der Waals surface area contributed by atoms with Crippen LogP contribution in [0.2, 0.25) is 0 Å². The van der Waals surface area contributed by atoms with Crippen molar-refractivity contribution in [1.29, 1.82) is 0 Å². The fraction of sp³-hybridized carbons (Fsp3) is 0.375. The van der Waals surface area contributed by atoms with E-state index in [1.165, 1.54) is 16.2 Å². The molecular formula is C16H19FN2S2. The van der Waals surface area contributed by atoms with Crippen molar-refractivity contribution in [2.24, 2.45) is 5.84 Å². The van der Waals surface area contributed by atoms with Crippen LogP contribution in [0.5, 0.6) is 0 Å². The van der Waals surface area contributed by atoms with E-state index < -0.39 is 0 Å². The zero-order valence-corrected chi connectivity index (χ0v) is 13.8. The van der Waals surface area contributed by atoms with Crippen LogP contribution in [-0.4, -0.2) is 5.75 Å². The second-order valence-corrected chi connectivity index (χ2v) is 7.75. The molecule has 0 radical (unpaired) electrons. The molecule has 0 spiro atoms. The minimum atomic E-state index is -0.272. The number of rotatable bonds is 3. The van der Waals surface area contributed by atoms with Gasteiger partial charge >= 0.3 is 0 Å². The van der Waals surface area contributed by atoms with E-state index in [0.29, 0.717) is 5.56 Å². The molecule has 5 heteroatoms. The number of nitrogens with two attached hydrogens (primary N) is 1. The molecule has 2 heterocycles. The molecule has 2 nitrogen and oxygen atoms in total. The Labute approximate surface area is 132 Å². The summed E-state index contributed by atoms with van der Waals surface area (Å²) in [6, 6.07) is 5.50. The standard InChI is InChI=1S/C16H19FN2S2/c1-9-5-10(2)15(12(17)6-9)16(19-18)14-7-11-8-20-4-3-13(11)21-14/h5-7,16,19H,3-4,8,18H2,1-2H3. The van der Waals surface area contributed by atoms with Crippen LogP contribution in [0.25, 0.3) is 0 Å². The number of hydrogen-bond acceptors (Lipinski definition) is 4. The highest BCUT2D eigenvalue weighted by molar-refractivity contribution is 7.98. The van der Waals surface area contributed by atoms with Gasteiger partial charge in [0.1, 0.15) is 5.82 Å². The second-order valence-electron chi connectivity index (χ2n) is 5.48. The number of hydrogen-bond donors (Lipinski definition) is 2. The predicted octanol–water partition coefficient (Wildman–Crippen LogP) is 3.85. The molecule has 0 bridgehead atoms. The van der Waals surface area contributed by atoms with Gasteiger partial charge in [0.25, 0.3) is 0 Å². The van der Waals surface area contributed by atoms with E-state index in [1.807, 2.05) is 31.7 Å². The fourth-order valence-electron chi connectivity index (χ4n) is 2.91. The first-order valence-corrected chi connectivity index (χ1v) is 8.99. The lowest BCUT2D eigenvalue weighted by atomic mass is 9.97. The van der Waals surface area contributed by atoms with Crippen molar-refractivity contribution in [2.45, 2.75) is 32.1 Å². The summed E-state index contributed by atoms with van der Waals surface area (Å²) in [5.41, 5.74) is 6.73. The van der Waals surface area contributed by atoms with Crippen molar-refractivity contribution in [1.82, 2.24) is 5.43 Å². The van der Waals surface area contributed by atoms with Crippen molar-refractivity contribution < 1.29 is 4.39 Å². The molecular weight excluding hydrogens is 303 g/mol. The van der Waals surface area contributed by atoms with Crippen LogP contribution in [0.1, 0.15) is 38.0 Å². The monoisotopic (exact) mass is 322 g/mol. The summed E-state index contributed by atoms with van der Waals surface area (Å²) in [5, 5.41) is 0. The van der Waals surface area contributed by atoms with E-state index in [1.54, 1.807) is 17.4 Å². The van der Waals surface area contributed by atoms with Crippen molar-refractivity contribution in [2.75, 3.05) is 5.75 Å². The maximum Gasteiger partial charge on any atom is 0.128 e. The number of thioether (sulfide) groups is 1. The molecule has 0 saturated carbocycles. The summed E-state index contributed by atoms with van der Waals surface area (Å²) in [4.78, 5) is 2.53. The number of halogens is 1. The van der Waals surface area contributed by atoms with Crippen molar-refractivity contribution in [3.63, 3.8) is 0 Å². The normalized spacial score (nSPS) is 15.8. The van der Waals surface area contributed by atoms with Gasteiger partial charge in [-0.2, -0.15) is 11.8 Å². The summed E-state index contributed by atoms with van der Waals surface area (Å²) in [7, 11) is 0. The van der Waals surface area contributed by atoms with Gasteiger partial charge in [-0.3, -0.25) is 5.84 Å². The van der Waals surface area contributed by atoms with Gasteiger partial charge in [0.2, 0.25) is 0 Å². The fourth-order valence-corrected chi connectivity index (χ4v) is 5.36. The van der Waals surface area contributed by atoms with Crippen LogP contribution in [0, 0.1) is 19.7 Å². The minimum absolute atomic E-state index is 0.184. The van der Waals surface area contributed by atoms with Crippen LogP contribution in [0.3, 0.4) is 0 Å². The Morgan fingerprint density at radius 1 is 1.29 bits per heavy atom. The van der Waals surface area contributed by atoms with Crippen LogP contribution >= 0.6 is 23.1 Å². The van der Waals surface area contributed by atoms with Gasteiger partial charge in [-0.25, -0.2) is 9.82 Å². The quantitative estimate of drug-likeness (QED) is 0.666. The van der Waals surface area contributed by atoms with Crippen molar-refractivity contribution in [3.05, 3.63) is 56.0 Å². The van der Waals surface area contributed by atoms with E-state index in [4.69, 9.17) is 5.84 Å². The molecule has 3 N–H and O–H groups in total. The summed E-state index contributed by atoms with van der Waals surface area (Å²) < 4.78 is 14.4. The molecule has 1 aliphatic rings. The Balaban J connectivity index is 2.04. The molecule has 1 unspecified atom stereocenters. The molecule has 112 valence electrons. The van der Waals surface area contributed by atoms with Crippen LogP contribution in [0.4, 0.5) is 4.39 Å². The number of thiophene rings is 1. The summed E-state index contributed by atoms with van der Waals surface area (Å²) in [6.45, 7) is 3.85. The van der Waals surface area contributed by atoms with Crippen molar-refractivity contribution >= 4 is 23.1 Å². The second kappa shape index (κ2) is 6.08. The molecule has 0 saturated heterocycles. The molecule has 1 aromatic carbocycles. The van der Waals surface area contributed by atoms with Gasteiger partial charge in [-0.15, -0.1) is 11.3 Å². The topological polar surface area (TPSA) is 38.0 Å². The largest absolute Gasteiger partial charge is 0.271 e. The number of aryl methyl sites for hydroxylation is 3. The molecule has 2 aromatic rings. The zero-order chi connectivity index (χ0) is 15.0. The summed E-state index contributed by atoms with van der Waals surface area (Å²) in [6.07, 6.45) is 1.11. The lowest BCUT2D eigenvalue weighted by molar-refractivity contribution is 0.560. The zero-order valence-electron chi connectivity index (χ0n) is 12.2. The molecule has 1 aliphatic heterocycles. The number of benzene rings is 1. The van der Waals surface area contributed by atoms with Gasteiger partial charge in [-0.1, -0.05) is 6.07 Å². The Hall–Kier alpha value is -0.880. The number of hydrazine groups is 1. The Kier molecular flexibility index (Phi) is 4.36. The van der Waals surface area contributed by atoms with Gasteiger partial charge < -0.3 is 0 Å². The SMILES string of the molecule is Cc1cc(C)c(C(NN)c2cc3c(s2)CCSC3)c(F)c1. The Morgan fingerprint density at radius 2 is 2.10 bits per heavy atom. The molecule has 0 fully saturated rings. The molecule has 0 amide bonds. The smallest absolute Gasteiger partial charge is 0.128 e. The number of nitrogens with one attached hydrogen (secondary N) is 1. The van der Waals surface area contributed by atoms with E-state index in [-0.39, 0.29) is 11.9 Å². The molecule has 1 aromatic heterocycles.